The summed E-state index contributed by atoms with van der Waals surface area (Å²) in [5, 5.41) is 0. The third kappa shape index (κ3) is 15.6. The summed E-state index contributed by atoms with van der Waals surface area (Å²) in [7, 11) is 0. The van der Waals surface area contributed by atoms with Gasteiger partial charge in [-0.15, -0.1) is 0 Å². The van der Waals surface area contributed by atoms with Crippen LogP contribution >= 0.6 is 0 Å². The summed E-state index contributed by atoms with van der Waals surface area (Å²) in [6, 6.07) is 0. The quantitative estimate of drug-likeness (QED) is 0.253. The van der Waals surface area contributed by atoms with E-state index in [1.807, 2.05) is 111 Å². The Morgan fingerprint density at radius 3 is 0.518 bits per heavy atom. The van der Waals surface area contributed by atoms with Gasteiger partial charge in [0.1, 0.15) is 0 Å². The lowest BCUT2D eigenvalue weighted by molar-refractivity contribution is -0.141. The van der Waals surface area contributed by atoms with Gasteiger partial charge in [0.15, 0.2) is 0 Å². The number of nitrogens with zero attached hydrogens (tertiary/aromatic N) is 4. The van der Waals surface area contributed by atoms with Crippen LogP contribution in [-0.4, -0.2) is 93.0 Å². The molecule has 4 fully saturated rings. The molecule has 0 aromatic carbocycles. The average Bonchev–Trinajstić information content (AvgIpc) is 3.67. The van der Waals surface area contributed by atoms with Crippen molar-refractivity contribution in [3.8, 4) is 0 Å². The minimum atomic E-state index is -0.125. The van der Waals surface area contributed by atoms with E-state index < -0.39 is 0 Å². The fourth-order valence-corrected chi connectivity index (χ4v) is 6.77. The molecule has 16 heteroatoms. The van der Waals surface area contributed by atoms with Crippen LogP contribution in [0.2, 0.25) is 0 Å². The van der Waals surface area contributed by atoms with Crippen LogP contribution < -0.4 is 67.9 Å². The Balaban J connectivity index is -0.000000314. The number of imide groups is 4. The number of carbonyl (C=O) groups excluding carboxylic acids is 8. The van der Waals surface area contributed by atoms with Gasteiger partial charge in [0.05, 0.1) is 23.7 Å². The van der Waals surface area contributed by atoms with Gasteiger partial charge >= 0.3 is 0 Å². The zero-order valence-electron chi connectivity index (χ0n) is 36.5. The molecule has 0 saturated carbocycles. The highest BCUT2D eigenvalue weighted by molar-refractivity contribution is 6.05. The molecule has 4 unspecified atom stereocenters. The Kier molecular flexibility index (Phi) is 26.1. The molecule has 12 nitrogen and oxygen atoms in total. The van der Waals surface area contributed by atoms with Crippen LogP contribution in [0.4, 0.5) is 0 Å². The van der Waals surface area contributed by atoms with Crippen LogP contribution in [0.1, 0.15) is 136 Å². The molecule has 4 aliphatic heterocycles. The normalized spacial score (nSPS) is 22.6. The number of rotatable bonds is 4. The lowest BCUT2D eigenvalue weighted by atomic mass is 9.80. The van der Waals surface area contributed by atoms with Gasteiger partial charge in [-0.3, -0.25) is 58.0 Å². The van der Waals surface area contributed by atoms with Gasteiger partial charge in [0.25, 0.3) is 0 Å². The highest BCUT2D eigenvalue weighted by Crippen LogP contribution is 2.37. The highest BCUT2D eigenvalue weighted by atomic mass is 79.9. The molecule has 4 heterocycles. The van der Waals surface area contributed by atoms with Gasteiger partial charge in [0.2, 0.25) is 47.3 Å². The lowest BCUT2D eigenvalue weighted by Crippen LogP contribution is -3.00. The van der Waals surface area contributed by atoms with Crippen molar-refractivity contribution >= 4 is 47.3 Å². The Hall–Kier alpha value is -1.52. The number of likely N-dealkylation sites (tertiary alicyclic amines) is 4. The molecule has 328 valence electrons. The van der Waals surface area contributed by atoms with Crippen LogP contribution in [0.3, 0.4) is 0 Å². The molecule has 4 aliphatic rings. The van der Waals surface area contributed by atoms with Crippen molar-refractivity contribution in [3.05, 3.63) is 0 Å². The summed E-state index contributed by atoms with van der Waals surface area (Å²) in [4.78, 5) is 97.7. The molecule has 0 aliphatic carbocycles. The van der Waals surface area contributed by atoms with Crippen LogP contribution in [0.5, 0.6) is 0 Å². The van der Waals surface area contributed by atoms with Crippen molar-refractivity contribution in [3.63, 3.8) is 0 Å². The van der Waals surface area contributed by atoms with Gasteiger partial charge in [-0.25, -0.2) is 0 Å². The minimum Gasteiger partial charge on any atom is -1.00 e. The first kappa shape index (κ1) is 61.1. The Bertz CT molecular complexity index is 1190. The van der Waals surface area contributed by atoms with Gasteiger partial charge in [-0.2, -0.15) is 0 Å². The predicted molar refractivity (Wildman–Crippen MR) is 200 cm³/mol. The molecule has 56 heavy (non-hydrogen) atoms. The van der Waals surface area contributed by atoms with Crippen LogP contribution in [-0.2, 0) is 38.4 Å². The molecule has 0 N–H and O–H groups in total. The van der Waals surface area contributed by atoms with Crippen LogP contribution in [0.25, 0.3) is 0 Å². The largest absolute Gasteiger partial charge is 1.00 e. The summed E-state index contributed by atoms with van der Waals surface area (Å²) < 4.78 is 0. The van der Waals surface area contributed by atoms with E-state index in [9.17, 15) is 38.4 Å². The van der Waals surface area contributed by atoms with Crippen molar-refractivity contribution in [1.82, 2.24) is 19.6 Å². The van der Waals surface area contributed by atoms with Crippen molar-refractivity contribution in [2.24, 2.45) is 45.3 Å². The monoisotopic (exact) mass is 1050 g/mol. The molecule has 0 aromatic rings. The third-order valence-corrected chi connectivity index (χ3v) is 10.4. The predicted octanol–water partition coefficient (Wildman–Crippen LogP) is -6.27. The average molecular weight is 1050 g/mol. The molecule has 4 atom stereocenters. The molecule has 4 rings (SSSR count). The maximum Gasteiger partial charge on any atom is 0.233 e. The first-order valence-corrected chi connectivity index (χ1v) is 18.9. The maximum atomic E-state index is 11.7. The Labute approximate surface area is 378 Å². The zero-order chi connectivity index (χ0) is 40.9. The molecule has 4 saturated heterocycles. The van der Waals surface area contributed by atoms with Gasteiger partial charge in [-0.05, 0) is 49.4 Å². The van der Waals surface area contributed by atoms with E-state index >= 15 is 0 Å². The fraction of sp³-hybridized carbons (Fsp3) is 0.800. The van der Waals surface area contributed by atoms with Gasteiger partial charge in [0, 0.05) is 51.9 Å². The number of halogens is 4. The van der Waals surface area contributed by atoms with Crippen molar-refractivity contribution in [2.75, 3.05) is 26.2 Å². The molecule has 0 spiro atoms. The minimum absolute atomic E-state index is 0. The molecule has 0 bridgehead atoms. The van der Waals surface area contributed by atoms with Gasteiger partial charge < -0.3 is 67.9 Å². The van der Waals surface area contributed by atoms with E-state index in [0.717, 1.165) is 0 Å². The van der Waals surface area contributed by atoms with Crippen molar-refractivity contribution < 1.29 is 106 Å². The molecule has 8 amide bonds. The van der Waals surface area contributed by atoms with Crippen molar-refractivity contribution in [2.45, 2.75) is 136 Å². The maximum absolute atomic E-state index is 11.7. The number of carbonyl (C=O) groups is 8. The summed E-state index contributed by atoms with van der Waals surface area (Å²) in [6.07, 6.45) is 1.54. The Morgan fingerprint density at radius 2 is 0.464 bits per heavy atom. The van der Waals surface area contributed by atoms with Crippen LogP contribution in [0, 0.1) is 45.3 Å². The third-order valence-electron chi connectivity index (χ3n) is 10.4. The smallest absolute Gasteiger partial charge is 0.233 e. The van der Waals surface area contributed by atoms with E-state index in [0.29, 0.717) is 51.9 Å². The topological polar surface area (TPSA) is 150 Å². The Morgan fingerprint density at radius 1 is 0.339 bits per heavy atom. The second-order valence-electron chi connectivity index (χ2n) is 18.4. The van der Waals surface area contributed by atoms with E-state index in [-0.39, 0.29) is 161 Å². The van der Waals surface area contributed by atoms with Gasteiger partial charge in [-0.1, -0.05) is 83.1 Å². The molecule has 0 radical (unpaired) electrons. The number of hydrogen-bond acceptors (Lipinski definition) is 8. The van der Waals surface area contributed by atoms with E-state index in [2.05, 4.69) is 0 Å². The zero-order valence-corrected chi connectivity index (χ0v) is 42.9. The molecular weight excluding hydrogens is 984 g/mol. The lowest BCUT2D eigenvalue weighted by Gasteiger charge is -2.24. The summed E-state index contributed by atoms with van der Waals surface area (Å²) in [6.45, 7) is 33.4. The van der Waals surface area contributed by atoms with E-state index in [4.69, 9.17) is 0 Å². The fourth-order valence-electron chi connectivity index (χ4n) is 6.77. The second-order valence-corrected chi connectivity index (χ2v) is 18.4. The number of amides is 8. The van der Waals surface area contributed by atoms with E-state index in [1.54, 1.807) is 0 Å². The highest BCUT2D eigenvalue weighted by Gasteiger charge is 2.46. The first-order chi connectivity index (χ1) is 23.5. The SMILES string of the molecule is CCN1C(=O)CC(C(C)(C)C)C1=O.CCN1C(=O)CC(C(C)(C)C)C1=O.CCN1C(=O)CC(C(C)(C)C)C1=O.CCN1C(=O)CC(C(C)(C)C)C1=O.[Br-].[Br-].[Br-].[Br-]. The van der Waals surface area contributed by atoms with E-state index in [1.165, 1.54) is 19.6 Å². The molecular formula is C40H68Br4N4O8-4. The number of hydrogen-bond donors (Lipinski definition) is 0. The standard InChI is InChI=1S/4C10H17NO2.4BrH/c4*1-5-11-8(12)6-7(9(11)13)10(2,3)4;;;;/h4*7H,5-6H2,1-4H3;4*1H/p-4. The first-order valence-electron chi connectivity index (χ1n) is 18.9. The second kappa shape index (κ2) is 23.9. The summed E-state index contributed by atoms with van der Waals surface area (Å²) in [5.41, 5.74) is -0.402. The molecule has 0 aromatic heterocycles. The van der Waals surface area contributed by atoms with Crippen molar-refractivity contribution in [1.29, 1.82) is 0 Å². The van der Waals surface area contributed by atoms with Crippen LogP contribution in [0.15, 0.2) is 0 Å². The summed E-state index contributed by atoms with van der Waals surface area (Å²) >= 11 is 0. The summed E-state index contributed by atoms with van der Waals surface area (Å²) in [5.74, 6) is -0.584.